The molecule has 1 N–H and O–H groups in total. The van der Waals surface area contributed by atoms with Gasteiger partial charge in [0.25, 0.3) is 0 Å². The second kappa shape index (κ2) is 7.93. The maximum atomic E-state index is 11.7. The summed E-state index contributed by atoms with van der Waals surface area (Å²) in [6, 6.07) is 3.62. The van der Waals surface area contributed by atoms with Crippen LogP contribution in [0.25, 0.3) is 0 Å². The number of carbonyl (C=O) groups is 2. The molecular weight excluding hydrogens is 260 g/mol. The van der Waals surface area contributed by atoms with Gasteiger partial charge < -0.3 is 14.8 Å². The molecule has 0 aromatic carbocycles. The summed E-state index contributed by atoms with van der Waals surface area (Å²) in [7, 11) is 0. The molecule has 1 aromatic heterocycles. The summed E-state index contributed by atoms with van der Waals surface area (Å²) < 4.78 is 9.63. The van der Waals surface area contributed by atoms with Crippen LogP contribution in [0.15, 0.2) is 30.1 Å². The molecule has 1 rings (SSSR count). The molecule has 0 bridgehead atoms. The van der Waals surface area contributed by atoms with Gasteiger partial charge in [-0.15, -0.1) is 0 Å². The van der Waals surface area contributed by atoms with E-state index >= 15 is 0 Å². The number of pyridine rings is 1. The van der Waals surface area contributed by atoms with E-state index in [0.717, 1.165) is 5.56 Å². The third-order valence-corrected chi connectivity index (χ3v) is 2.27. The van der Waals surface area contributed by atoms with Gasteiger partial charge in [0.15, 0.2) is 5.57 Å². The lowest BCUT2D eigenvalue weighted by atomic mass is 10.3. The minimum atomic E-state index is -0.730. The average Bonchev–Trinajstić information content (AvgIpc) is 2.39. The van der Waals surface area contributed by atoms with Crippen LogP contribution in [-0.2, 0) is 19.1 Å². The van der Waals surface area contributed by atoms with E-state index in [1.807, 2.05) is 13.0 Å². The van der Waals surface area contributed by atoms with E-state index in [0.29, 0.717) is 5.82 Å². The van der Waals surface area contributed by atoms with Crippen molar-refractivity contribution in [3.8, 4) is 0 Å². The normalized spacial score (nSPS) is 9.55. The van der Waals surface area contributed by atoms with Crippen LogP contribution in [0.4, 0.5) is 5.82 Å². The Bertz CT molecular complexity index is 492. The molecule has 0 saturated carbocycles. The fourth-order valence-corrected chi connectivity index (χ4v) is 1.38. The molecule has 6 heteroatoms. The Morgan fingerprint density at radius 1 is 1.25 bits per heavy atom. The van der Waals surface area contributed by atoms with E-state index in [1.54, 1.807) is 26.1 Å². The first-order chi connectivity index (χ1) is 9.58. The smallest absolute Gasteiger partial charge is 0.347 e. The molecule has 0 spiro atoms. The summed E-state index contributed by atoms with van der Waals surface area (Å²) >= 11 is 0. The summed E-state index contributed by atoms with van der Waals surface area (Å²) in [6.07, 6.45) is 2.87. The lowest BCUT2D eigenvalue weighted by Gasteiger charge is -2.07. The lowest BCUT2D eigenvalue weighted by Crippen LogP contribution is -2.19. The first-order valence-electron chi connectivity index (χ1n) is 6.32. The van der Waals surface area contributed by atoms with E-state index in [4.69, 9.17) is 9.47 Å². The maximum Gasteiger partial charge on any atom is 0.347 e. The van der Waals surface area contributed by atoms with E-state index in [9.17, 15) is 9.59 Å². The number of nitrogens with zero attached hydrogens (tertiary/aromatic N) is 1. The van der Waals surface area contributed by atoms with E-state index in [2.05, 4.69) is 10.3 Å². The zero-order valence-electron chi connectivity index (χ0n) is 11.8. The van der Waals surface area contributed by atoms with Crippen molar-refractivity contribution in [1.29, 1.82) is 0 Å². The first kappa shape index (κ1) is 15.7. The van der Waals surface area contributed by atoms with Crippen molar-refractivity contribution in [2.75, 3.05) is 18.5 Å². The zero-order chi connectivity index (χ0) is 15.0. The van der Waals surface area contributed by atoms with Gasteiger partial charge >= 0.3 is 11.9 Å². The monoisotopic (exact) mass is 278 g/mol. The molecule has 0 aliphatic carbocycles. The van der Waals surface area contributed by atoms with Crippen molar-refractivity contribution < 1.29 is 19.1 Å². The minimum Gasteiger partial charge on any atom is -0.462 e. The molecule has 0 aliphatic rings. The van der Waals surface area contributed by atoms with Crippen LogP contribution in [0.5, 0.6) is 0 Å². The van der Waals surface area contributed by atoms with Crippen molar-refractivity contribution in [2.45, 2.75) is 20.8 Å². The van der Waals surface area contributed by atoms with Gasteiger partial charge in [0, 0.05) is 12.4 Å². The second-order valence-electron chi connectivity index (χ2n) is 3.86. The lowest BCUT2D eigenvalue weighted by molar-refractivity contribution is -0.146. The molecule has 0 aliphatic heterocycles. The highest BCUT2D eigenvalue weighted by Crippen LogP contribution is 2.08. The van der Waals surface area contributed by atoms with Crippen LogP contribution >= 0.6 is 0 Å². The Morgan fingerprint density at radius 3 is 2.35 bits per heavy atom. The maximum absolute atomic E-state index is 11.7. The van der Waals surface area contributed by atoms with Gasteiger partial charge in [0.1, 0.15) is 5.82 Å². The Balaban J connectivity index is 2.89. The van der Waals surface area contributed by atoms with Gasteiger partial charge in [-0.2, -0.15) is 0 Å². The van der Waals surface area contributed by atoms with Gasteiger partial charge in [-0.3, -0.25) is 0 Å². The van der Waals surface area contributed by atoms with Gasteiger partial charge in [-0.25, -0.2) is 14.6 Å². The predicted octanol–water partition coefficient (Wildman–Crippen LogP) is 1.81. The average molecular weight is 278 g/mol. The van der Waals surface area contributed by atoms with Crippen molar-refractivity contribution >= 4 is 17.8 Å². The van der Waals surface area contributed by atoms with Gasteiger partial charge in [-0.1, -0.05) is 0 Å². The molecule has 0 atom stereocenters. The Kier molecular flexibility index (Phi) is 6.22. The van der Waals surface area contributed by atoms with Crippen molar-refractivity contribution in [3.63, 3.8) is 0 Å². The minimum absolute atomic E-state index is 0.179. The molecule has 0 saturated heterocycles. The fraction of sp³-hybridized carbons (Fsp3) is 0.357. The molecule has 1 heterocycles. The van der Waals surface area contributed by atoms with Gasteiger partial charge in [0.2, 0.25) is 0 Å². The van der Waals surface area contributed by atoms with Crippen molar-refractivity contribution in [1.82, 2.24) is 4.98 Å². The number of ether oxygens (including phenoxy) is 2. The molecule has 0 amide bonds. The topological polar surface area (TPSA) is 77.5 Å². The fourth-order valence-electron chi connectivity index (χ4n) is 1.38. The number of aromatic nitrogens is 1. The molecule has 6 nitrogen and oxygen atoms in total. The molecular formula is C14H18N2O4. The number of hydrogen-bond donors (Lipinski definition) is 1. The Morgan fingerprint density at radius 2 is 1.85 bits per heavy atom. The number of aryl methyl sites for hydroxylation is 1. The van der Waals surface area contributed by atoms with Gasteiger partial charge in [0.05, 0.1) is 13.2 Å². The van der Waals surface area contributed by atoms with Crippen LogP contribution < -0.4 is 5.32 Å². The van der Waals surface area contributed by atoms with Crippen LogP contribution in [0.3, 0.4) is 0 Å². The summed E-state index contributed by atoms with van der Waals surface area (Å²) in [6.45, 7) is 5.59. The molecule has 1 aromatic rings. The number of esters is 2. The summed E-state index contributed by atoms with van der Waals surface area (Å²) in [4.78, 5) is 27.5. The third kappa shape index (κ3) is 4.72. The number of rotatable bonds is 6. The standard InChI is InChI=1S/C14H18N2O4/c1-4-19-13(17)11(14(18)20-5-2)9-16-12-8-10(3)6-7-15-12/h6-9H,4-5H2,1-3H3,(H,15,16). The Hall–Kier alpha value is -2.37. The van der Waals surface area contributed by atoms with E-state index < -0.39 is 11.9 Å². The molecule has 20 heavy (non-hydrogen) atoms. The number of nitrogens with one attached hydrogen (secondary N) is 1. The van der Waals surface area contributed by atoms with Crippen LogP contribution in [-0.4, -0.2) is 30.1 Å². The van der Waals surface area contributed by atoms with Crippen molar-refractivity contribution in [2.24, 2.45) is 0 Å². The van der Waals surface area contributed by atoms with E-state index in [1.165, 1.54) is 6.20 Å². The number of anilines is 1. The predicted molar refractivity (Wildman–Crippen MR) is 73.9 cm³/mol. The summed E-state index contributed by atoms with van der Waals surface area (Å²) in [5, 5.41) is 2.79. The number of carbonyl (C=O) groups excluding carboxylic acids is 2. The van der Waals surface area contributed by atoms with Crippen molar-refractivity contribution in [3.05, 3.63) is 35.7 Å². The molecule has 0 unspecified atom stereocenters. The highest BCUT2D eigenvalue weighted by molar-refractivity contribution is 6.14. The molecule has 0 radical (unpaired) electrons. The van der Waals surface area contributed by atoms with Crippen LogP contribution in [0.1, 0.15) is 19.4 Å². The highest BCUT2D eigenvalue weighted by Gasteiger charge is 2.20. The number of hydrogen-bond acceptors (Lipinski definition) is 6. The summed E-state index contributed by atoms with van der Waals surface area (Å²) in [5.41, 5.74) is 0.807. The van der Waals surface area contributed by atoms with Crippen LogP contribution in [0, 0.1) is 6.92 Å². The van der Waals surface area contributed by atoms with E-state index in [-0.39, 0.29) is 18.8 Å². The first-order valence-corrected chi connectivity index (χ1v) is 6.32. The largest absolute Gasteiger partial charge is 0.462 e. The summed E-state index contributed by atoms with van der Waals surface area (Å²) in [5.74, 6) is -0.937. The van der Waals surface area contributed by atoms with Crippen LogP contribution in [0.2, 0.25) is 0 Å². The molecule has 0 fully saturated rings. The SMILES string of the molecule is CCOC(=O)C(=CNc1cc(C)ccn1)C(=O)OCC. The highest BCUT2D eigenvalue weighted by atomic mass is 16.6. The Labute approximate surface area is 117 Å². The van der Waals surface area contributed by atoms with Gasteiger partial charge in [-0.05, 0) is 38.5 Å². The zero-order valence-corrected chi connectivity index (χ0v) is 11.8. The quantitative estimate of drug-likeness (QED) is 0.370. The second-order valence-corrected chi connectivity index (χ2v) is 3.86. The molecule has 108 valence electrons. The third-order valence-electron chi connectivity index (χ3n) is 2.27.